The number of para-hydroxylation sites is 3. The largest absolute Gasteiger partial charge is 0.452 e. The van der Waals surface area contributed by atoms with Crippen LogP contribution >= 0.6 is 0 Å². The van der Waals surface area contributed by atoms with Gasteiger partial charge in [-0.15, -0.1) is 0 Å². The topological polar surface area (TPSA) is 84.4 Å². The normalized spacial score (nSPS) is 11.1. The lowest BCUT2D eigenvalue weighted by Gasteiger charge is -2.27. The van der Waals surface area contributed by atoms with E-state index >= 15 is 0 Å². The predicted molar refractivity (Wildman–Crippen MR) is 138 cm³/mol. The fourth-order valence-electron chi connectivity index (χ4n) is 3.58. The van der Waals surface area contributed by atoms with Gasteiger partial charge in [0.25, 0.3) is 5.91 Å². The second-order valence-corrected chi connectivity index (χ2v) is 8.12. The maximum atomic E-state index is 12.9. The number of rotatable bonds is 8. The standard InChI is InChI=1S/C28H26N4O3/c1-20(2)32(24-15-12-22(13-16-24)30-21-8-4-3-5-9-21)27(33)19-35-28(34)17-14-23-18-29-25-10-6-7-11-26(25)31-23/h3-18,20,30H,19H2,1-2H3/b17-14+. The minimum absolute atomic E-state index is 0.113. The van der Waals surface area contributed by atoms with Crippen molar-refractivity contribution in [3.8, 4) is 0 Å². The second kappa shape index (κ2) is 11.1. The first-order valence-electron chi connectivity index (χ1n) is 11.3. The highest BCUT2D eigenvalue weighted by Gasteiger charge is 2.20. The molecule has 1 aromatic heterocycles. The number of carbonyl (C=O) groups is 2. The Morgan fingerprint density at radius 3 is 2.29 bits per heavy atom. The summed E-state index contributed by atoms with van der Waals surface area (Å²) in [5.41, 5.74) is 4.64. The molecule has 0 bridgehead atoms. The molecule has 0 aliphatic rings. The van der Waals surface area contributed by atoms with Gasteiger partial charge in [-0.2, -0.15) is 0 Å². The molecule has 0 saturated heterocycles. The summed E-state index contributed by atoms with van der Waals surface area (Å²) in [7, 11) is 0. The summed E-state index contributed by atoms with van der Waals surface area (Å²) in [6.07, 6.45) is 4.34. The lowest BCUT2D eigenvalue weighted by molar-refractivity contribution is -0.143. The van der Waals surface area contributed by atoms with Crippen molar-refractivity contribution in [2.75, 3.05) is 16.8 Å². The van der Waals surface area contributed by atoms with Gasteiger partial charge in [0.05, 0.1) is 22.9 Å². The van der Waals surface area contributed by atoms with Gasteiger partial charge in [-0.1, -0.05) is 30.3 Å². The summed E-state index contributed by atoms with van der Waals surface area (Å²) in [5, 5.41) is 3.32. The van der Waals surface area contributed by atoms with Crippen molar-refractivity contribution in [1.29, 1.82) is 0 Å². The second-order valence-electron chi connectivity index (χ2n) is 8.12. The highest BCUT2D eigenvalue weighted by Crippen LogP contribution is 2.23. The number of fused-ring (bicyclic) bond motifs is 1. The van der Waals surface area contributed by atoms with Crippen LogP contribution in [0.25, 0.3) is 17.1 Å². The minimum Gasteiger partial charge on any atom is -0.452 e. The molecule has 0 fully saturated rings. The maximum Gasteiger partial charge on any atom is 0.331 e. The highest BCUT2D eigenvalue weighted by atomic mass is 16.5. The molecule has 0 saturated carbocycles. The Morgan fingerprint density at radius 1 is 0.914 bits per heavy atom. The van der Waals surface area contributed by atoms with Gasteiger partial charge in [-0.05, 0) is 68.5 Å². The monoisotopic (exact) mass is 466 g/mol. The first kappa shape index (κ1) is 23.6. The first-order chi connectivity index (χ1) is 17.0. The molecular formula is C28H26N4O3. The molecule has 4 aromatic rings. The zero-order valence-corrected chi connectivity index (χ0v) is 19.6. The molecular weight excluding hydrogens is 440 g/mol. The van der Waals surface area contributed by atoms with E-state index in [0.29, 0.717) is 5.69 Å². The van der Waals surface area contributed by atoms with Crippen molar-refractivity contribution in [2.45, 2.75) is 19.9 Å². The van der Waals surface area contributed by atoms with Crippen LogP contribution in [0.4, 0.5) is 17.1 Å². The highest BCUT2D eigenvalue weighted by molar-refractivity contribution is 5.97. The molecule has 0 aliphatic heterocycles. The average Bonchev–Trinajstić information content (AvgIpc) is 2.87. The van der Waals surface area contributed by atoms with E-state index in [1.807, 2.05) is 92.7 Å². The number of benzene rings is 3. The van der Waals surface area contributed by atoms with Crippen LogP contribution in [0.5, 0.6) is 0 Å². The third-order valence-corrected chi connectivity index (χ3v) is 5.19. The van der Waals surface area contributed by atoms with Gasteiger partial charge in [0, 0.05) is 29.2 Å². The maximum absolute atomic E-state index is 12.9. The van der Waals surface area contributed by atoms with E-state index in [1.54, 1.807) is 11.1 Å². The van der Waals surface area contributed by atoms with Crippen LogP contribution in [0.15, 0.2) is 91.1 Å². The number of nitrogens with one attached hydrogen (secondary N) is 1. The number of carbonyl (C=O) groups excluding carboxylic acids is 2. The van der Waals surface area contributed by atoms with E-state index in [4.69, 9.17) is 4.74 Å². The van der Waals surface area contributed by atoms with E-state index in [1.165, 1.54) is 12.2 Å². The van der Waals surface area contributed by atoms with Crippen molar-refractivity contribution in [3.05, 3.63) is 96.8 Å². The van der Waals surface area contributed by atoms with Gasteiger partial charge in [-0.3, -0.25) is 9.78 Å². The molecule has 0 spiro atoms. The summed E-state index contributed by atoms with van der Waals surface area (Å²) in [4.78, 5) is 35.4. The van der Waals surface area contributed by atoms with Crippen LogP contribution in [0.3, 0.4) is 0 Å². The van der Waals surface area contributed by atoms with Gasteiger partial charge >= 0.3 is 5.97 Å². The zero-order valence-electron chi connectivity index (χ0n) is 19.6. The Hall–Kier alpha value is -4.52. The Morgan fingerprint density at radius 2 is 1.57 bits per heavy atom. The number of ether oxygens (including phenoxy) is 1. The van der Waals surface area contributed by atoms with E-state index in [0.717, 1.165) is 28.1 Å². The van der Waals surface area contributed by atoms with Gasteiger partial charge in [-0.25, -0.2) is 9.78 Å². The summed E-state index contributed by atoms with van der Waals surface area (Å²) >= 11 is 0. The van der Waals surface area contributed by atoms with Crippen LogP contribution in [-0.2, 0) is 14.3 Å². The number of amides is 1. The van der Waals surface area contributed by atoms with Crippen molar-refractivity contribution >= 4 is 46.0 Å². The predicted octanol–water partition coefficient (Wildman–Crippen LogP) is 5.37. The third kappa shape index (κ3) is 6.29. The summed E-state index contributed by atoms with van der Waals surface area (Å²) < 4.78 is 5.19. The molecule has 0 atom stereocenters. The smallest absolute Gasteiger partial charge is 0.331 e. The van der Waals surface area contributed by atoms with Crippen molar-refractivity contribution in [3.63, 3.8) is 0 Å². The van der Waals surface area contributed by atoms with E-state index in [2.05, 4.69) is 15.3 Å². The van der Waals surface area contributed by atoms with Gasteiger partial charge < -0.3 is 15.0 Å². The minimum atomic E-state index is -0.626. The molecule has 1 amide bonds. The molecule has 3 aromatic carbocycles. The van der Waals surface area contributed by atoms with Crippen molar-refractivity contribution in [2.24, 2.45) is 0 Å². The molecule has 7 heteroatoms. The molecule has 0 radical (unpaired) electrons. The third-order valence-electron chi connectivity index (χ3n) is 5.19. The molecule has 1 heterocycles. The molecule has 0 unspecified atom stereocenters. The van der Waals surface area contributed by atoms with E-state index < -0.39 is 5.97 Å². The Balaban J connectivity index is 1.35. The number of aromatic nitrogens is 2. The number of anilines is 3. The molecule has 0 aliphatic carbocycles. The molecule has 7 nitrogen and oxygen atoms in total. The van der Waals surface area contributed by atoms with Crippen LogP contribution in [-0.4, -0.2) is 34.5 Å². The van der Waals surface area contributed by atoms with Crippen LogP contribution in [0.2, 0.25) is 0 Å². The fourth-order valence-corrected chi connectivity index (χ4v) is 3.58. The quantitative estimate of drug-likeness (QED) is 0.278. The van der Waals surface area contributed by atoms with Crippen LogP contribution < -0.4 is 10.2 Å². The first-order valence-corrected chi connectivity index (χ1v) is 11.3. The molecule has 35 heavy (non-hydrogen) atoms. The summed E-state index contributed by atoms with van der Waals surface area (Å²) in [6, 6.07) is 24.7. The van der Waals surface area contributed by atoms with Crippen LogP contribution in [0, 0.1) is 0 Å². The number of hydrogen-bond donors (Lipinski definition) is 1. The molecule has 176 valence electrons. The zero-order chi connectivity index (χ0) is 24.6. The molecule has 1 N–H and O–H groups in total. The Labute approximate surface area is 204 Å². The Kier molecular flexibility index (Phi) is 7.47. The lowest BCUT2D eigenvalue weighted by Crippen LogP contribution is -2.39. The number of nitrogens with zero attached hydrogens (tertiary/aromatic N) is 3. The van der Waals surface area contributed by atoms with Gasteiger partial charge in [0.1, 0.15) is 0 Å². The average molecular weight is 467 g/mol. The van der Waals surface area contributed by atoms with Gasteiger partial charge in [0.2, 0.25) is 0 Å². The number of hydrogen-bond acceptors (Lipinski definition) is 6. The summed E-state index contributed by atoms with van der Waals surface area (Å²) in [6.45, 7) is 3.46. The van der Waals surface area contributed by atoms with Crippen molar-refractivity contribution in [1.82, 2.24) is 9.97 Å². The van der Waals surface area contributed by atoms with Crippen molar-refractivity contribution < 1.29 is 14.3 Å². The summed E-state index contributed by atoms with van der Waals surface area (Å²) in [5.74, 6) is -0.935. The van der Waals surface area contributed by atoms with E-state index in [9.17, 15) is 9.59 Å². The Bertz CT molecular complexity index is 1340. The SMILES string of the molecule is CC(C)N(C(=O)COC(=O)/C=C/c1cnc2ccccc2n1)c1ccc(Nc2ccccc2)cc1. The lowest BCUT2D eigenvalue weighted by atomic mass is 10.2. The van der Waals surface area contributed by atoms with Gasteiger partial charge in [0.15, 0.2) is 6.61 Å². The number of esters is 1. The fraction of sp³-hybridized carbons (Fsp3) is 0.143. The van der Waals surface area contributed by atoms with E-state index in [-0.39, 0.29) is 18.6 Å². The molecule has 4 rings (SSSR count). The van der Waals surface area contributed by atoms with Crippen LogP contribution in [0.1, 0.15) is 19.5 Å².